The van der Waals surface area contributed by atoms with E-state index in [-0.39, 0.29) is 42.2 Å². The molecule has 0 unspecified atom stereocenters. The van der Waals surface area contributed by atoms with Gasteiger partial charge in [-0.25, -0.2) is 4.79 Å². The number of carbonyl (C=O) groups excluding carboxylic acids is 3. The number of amides is 3. The van der Waals surface area contributed by atoms with E-state index in [1.54, 1.807) is 6.08 Å². The first kappa shape index (κ1) is 21.3. The number of hydrogen-bond donors (Lipinski definition) is 2. The Morgan fingerprint density at radius 1 is 1.27 bits per heavy atom. The van der Waals surface area contributed by atoms with Crippen molar-refractivity contribution in [1.82, 2.24) is 9.88 Å². The molecule has 1 saturated heterocycles. The molecule has 1 fully saturated rings. The molecule has 0 radical (unpaired) electrons. The van der Waals surface area contributed by atoms with Gasteiger partial charge in [-0.3, -0.25) is 24.6 Å². The number of benzene rings is 1. The number of hydrogen-bond acceptors (Lipinski definition) is 7. The number of aromatic carboxylic acids is 1. The van der Waals surface area contributed by atoms with Gasteiger partial charge >= 0.3 is 12.0 Å². The molecular weight excluding hydrogens is 410 g/mol. The van der Waals surface area contributed by atoms with Crippen LogP contribution < -0.4 is 5.32 Å². The first-order valence-electron chi connectivity index (χ1n) is 9.20. The molecule has 2 N–H and O–H groups in total. The lowest BCUT2D eigenvalue weighted by Gasteiger charge is -2.11. The Labute approximate surface area is 176 Å². The van der Waals surface area contributed by atoms with Gasteiger partial charge in [-0.2, -0.15) is 4.98 Å². The van der Waals surface area contributed by atoms with Crippen molar-refractivity contribution >= 4 is 46.9 Å². The summed E-state index contributed by atoms with van der Waals surface area (Å²) in [6.45, 7) is 2.15. The van der Waals surface area contributed by atoms with E-state index in [2.05, 4.69) is 17.2 Å². The van der Waals surface area contributed by atoms with Crippen LogP contribution in [-0.4, -0.2) is 44.6 Å². The van der Waals surface area contributed by atoms with E-state index >= 15 is 0 Å². The molecule has 0 bridgehead atoms. The van der Waals surface area contributed by atoms with Crippen molar-refractivity contribution < 1.29 is 28.7 Å². The lowest BCUT2D eigenvalue weighted by Crippen LogP contribution is -2.29. The Balaban J connectivity index is 1.51. The number of aryl methyl sites for hydroxylation is 1. The second-order valence-corrected chi connectivity index (χ2v) is 7.42. The van der Waals surface area contributed by atoms with Crippen LogP contribution in [0.1, 0.15) is 41.4 Å². The van der Waals surface area contributed by atoms with Crippen LogP contribution in [0.4, 0.5) is 10.8 Å². The van der Waals surface area contributed by atoms with Gasteiger partial charge in [0.1, 0.15) is 6.26 Å². The van der Waals surface area contributed by atoms with Crippen LogP contribution in [0.25, 0.3) is 6.08 Å². The number of rotatable bonds is 8. The highest BCUT2D eigenvalue weighted by molar-refractivity contribution is 8.18. The van der Waals surface area contributed by atoms with Gasteiger partial charge in [-0.1, -0.05) is 31.2 Å². The van der Waals surface area contributed by atoms with Crippen LogP contribution in [-0.2, 0) is 16.0 Å². The molecule has 156 valence electrons. The summed E-state index contributed by atoms with van der Waals surface area (Å²) < 4.78 is 4.84. The average Bonchev–Trinajstić information content (AvgIpc) is 3.28. The van der Waals surface area contributed by atoms with Crippen LogP contribution in [0.5, 0.6) is 0 Å². The molecule has 1 aliphatic rings. The summed E-state index contributed by atoms with van der Waals surface area (Å²) in [7, 11) is 0. The monoisotopic (exact) mass is 429 g/mol. The van der Waals surface area contributed by atoms with Crippen LogP contribution in [0.15, 0.2) is 39.9 Å². The van der Waals surface area contributed by atoms with Gasteiger partial charge < -0.3 is 9.52 Å². The van der Waals surface area contributed by atoms with E-state index in [4.69, 9.17) is 9.52 Å². The Kier molecular flexibility index (Phi) is 6.68. The number of carboxylic acid groups (broad SMARTS) is 1. The third-order valence-electron chi connectivity index (χ3n) is 4.31. The summed E-state index contributed by atoms with van der Waals surface area (Å²) in [6, 6.07) is 7.52. The van der Waals surface area contributed by atoms with E-state index in [9.17, 15) is 19.2 Å². The third kappa shape index (κ3) is 5.15. The molecule has 30 heavy (non-hydrogen) atoms. The molecule has 0 spiro atoms. The van der Waals surface area contributed by atoms with Gasteiger partial charge in [0.15, 0.2) is 5.69 Å². The van der Waals surface area contributed by atoms with E-state index in [0.29, 0.717) is 4.91 Å². The molecule has 2 heterocycles. The molecule has 0 saturated carbocycles. The van der Waals surface area contributed by atoms with E-state index in [0.717, 1.165) is 34.9 Å². The zero-order valence-corrected chi connectivity index (χ0v) is 16.9. The zero-order valence-electron chi connectivity index (χ0n) is 16.1. The van der Waals surface area contributed by atoms with Crippen molar-refractivity contribution in [2.24, 2.45) is 0 Å². The van der Waals surface area contributed by atoms with Gasteiger partial charge in [0.05, 0.1) is 4.91 Å². The largest absolute Gasteiger partial charge is 0.476 e. The number of aromatic nitrogens is 1. The minimum atomic E-state index is -1.27. The van der Waals surface area contributed by atoms with E-state index < -0.39 is 11.9 Å². The summed E-state index contributed by atoms with van der Waals surface area (Å²) in [6.07, 6.45) is 3.76. The minimum Gasteiger partial charge on any atom is -0.476 e. The Hall–Kier alpha value is -3.40. The van der Waals surface area contributed by atoms with Crippen molar-refractivity contribution in [2.45, 2.75) is 26.2 Å². The van der Waals surface area contributed by atoms with Crippen LogP contribution in [0.3, 0.4) is 0 Å². The van der Waals surface area contributed by atoms with E-state index in [1.807, 2.05) is 24.3 Å². The number of anilines is 1. The fraction of sp³-hybridized carbons (Fsp3) is 0.250. The highest BCUT2D eigenvalue weighted by atomic mass is 32.2. The SMILES string of the molecule is CCc1ccc(/C=C2\SC(=O)N(CCCC(=O)Nc3nc(C(=O)O)co3)C2=O)cc1. The van der Waals surface area contributed by atoms with E-state index in [1.165, 1.54) is 5.56 Å². The summed E-state index contributed by atoms with van der Waals surface area (Å²) in [4.78, 5) is 52.4. The van der Waals surface area contributed by atoms with Crippen molar-refractivity contribution in [1.29, 1.82) is 0 Å². The van der Waals surface area contributed by atoms with Crippen LogP contribution in [0.2, 0.25) is 0 Å². The van der Waals surface area contributed by atoms with Crippen molar-refractivity contribution in [3.8, 4) is 0 Å². The van der Waals surface area contributed by atoms with Crippen molar-refractivity contribution in [2.75, 3.05) is 11.9 Å². The molecular formula is C20H19N3O6S. The lowest BCUT2D eigenvalue weighted by molar-refractivity contribution is -0.123. The Morgan fingerprint density at radius 3 is 2.63 bits per heavy atom. The number of carbonyl (C=O) groups is 4. The first-order valence-corrected chi connectivity index (χ1v) is 10.0. The van der Waals surface area contributed by atoms with Crippen molar-refractivity contribution in [3.63, 3.8) is 0 Å². The zero-order chi connectivity index (χ0) is 21.7. The van der Waals surface area contributed by atoms with Crippen LogP contribution in [0, 0.1) is 0 Å². The summed E-state index contributed by atoms with van der Waals surface area (Å²) in [5.74, 6) is -2.12. The molecule has 1 aromatic heterocycles. The van der Waals surface area contributed by atoms with Gasteiger partial charge in [0, 0.05) is 13.0 Å². The number of nitrogens with one attached hydrogen (secondary N) is 1. The number of imide groups is 1. The fourth-order valence-electron chi connectivity index (χ4n) is 2.70. The normalized spacial score (nSPS) is 15.1. The van der Waals surface area contributed by atoms with Crippen LogP contribution >= 0.6 is 11.8 Å². The topological polar surface area (TPSA) is 130 Å². The number of nitrogens with zero attached hydrogens (tertiary/aromatic N) is 2. The summed E-state index contributed by atoms with van der Waals surface area (Å²) in [5.41, 5.74) is 1.70. The molecule has 0 atom stereocenters. The highest BCUT2D eigenvalue weighted by Gasteiger charge is 2.34. The second kappa shape index (κ2) is 9.40. The standard InChI is InChI=1S/C20H19N3O6S/c1-2-12-5-7-13(8-6-12)10-15-17(25)23(20(28)30-15)9-3-4-16(24)22-19-21-14(11-29-19)18(26)27/h5-8,10-11H,2-4,9H2,1H3,(H,26,27)(H,21,22,24)/b15-10-. The van der Waals surface area contributed by atoms with Gasteiger partial charge in [0.2, 0.25) is 5.91 Å². The molecule has 10 heteroatoms. The Morgan fingerprint density at radius 2 is 2.00 bits per heavy atom. The minimum absolute atomic E-state index is 0.00401. The quantitative estimate of drug-likeness (QED) is 0.611. The molecule has 2 aromatic rings. The summed E-state index contributed by atoms with van der Waals surface area (Å²) >= 11 is 0.871. The molecule has 0 aliphatic carbocycles. The third-order valence-corrected chi connectivity index (χ3v) is 5.22. The molecule has 1 aromatic carbocycles. The molecule has 9 nitrogen and oxygen atoms in total. The van der Waals surface area contributed by atoms with Gasteiger partial charge in [0.25, 0.3) is 11.1 Å². The molecule has 3 rings (SSSR count). The number of oxazole rings is 1. The predicted octanol–water partition coefficient (Wildman–Crippen LogP) is 3.39. The maximum Gasteiger partial charge on any atom is 0.357 e. The Bertz CT molecular complexity index is 1010. The summed E-state index contributed by atoms with van der Waals surface area (Å²) in [5, 5.41) is 10.7. The predicted molar refractivity (Wildman–Crippen MR) is 110 cm³/mol. The van der Waals surface area contributed by atoms with Gasteiger partial charge in [-0.05, 0) is 41.8 Å². The smallest absolute Gasteiger partial charge is 0.357 e. The molecule has 1 aliphatic heterocycles. The second-order valence-electron chi connectivity index (χ2n) is 6.42. The molecule has 3 amide bonds. The lowest BCUT2D eigenvalue weighted by atomic mass is 10.1. The highest BCUT2D eigenvalue weighted by Crippen LogP contribution is 2.32. The number of thioether (sulfide) groups is 1. The van der Waals surface area contributed by atoms with Crippen molar-refractivity contribution in [3.05, 3.63) is 52.3 Å². The van der Waals surface area contributed by atoms with Gasteiger partial charge in [-0.15, -0.1) is 0 Å². The maximum atomic E-state index is 12.5. The number of carboxylic acids is 1. The fourth-order valence-corrected chi connectivity index (χ4v) is 3.57. The first-order chi connectivity index (χ1) is 14.4. The average molecular weight is 429 g/mol. The maximum absolute atomic E-state index is 12.5.